The minimum atomic E-state index is 0.0446. The Labute approximate surface area is 133 Å². The molecule has 120 valence electrons. The molecule has 1 saturated heterocycles. The van der Waals surface area contributed by atoms with E-state index in [1.54, 1.807) is 0 Å². The van der Waals surface area contributed by atoms with Crippen molar-refractivity contribution in [2.75, 3.05) is 13.1 Å². The summed E-state index contributed by atoms with van der Waals surface area (Å²) < 4.78 is 0. The van der Waals surface area contributed by atoms with E-state index >= 15 is 0 Å². The molecule has 0 radical (unpaired) electrons. The van der Waals surface area contributed by atoms with Gasteiger partial charge in [-0.2, -0.15) is 0 Å². The van der Waals surface area contributed by atoms with E-state index in [1.165, 1.54) is 12.0 Å². The largest absolute Gasteiger partial charge is 0.342 e. The molecule has 0 bridgehead atoms. The average molecular weight is 300 g/mol. The maximum atomic E-state index is 12.5. The second kappa shape index (κ2) is 6.04. The lowest BCUT2D eigenvalue weighted by atomic mass is 9.80. The third-order valence-electron chi connectivity index (χ3n) is 5.78. The molecule has 1 aliphatic carbocycles. The molecule has 1 aliphatic heterocycles. The number of carbonyl (C=O) groups excluding carboxylic acids is 1. The topological polar surface area (TPSA) is 46.3 Å². The molecule has 22 heavy (non-hydrogen) atoms. The highest BCUT2D eigenvalue weighted by molar-refractivity contribution is 5.76. The molecule has 0 spiro atoms. The highest BCUT2D eigenvalue weighted by Crippen LogP contribution is 2.37. The fourth-order valence-corrected chi connectivity index (χ4v) is 4.12. The molecule has 1 saturated carbocycles. The molecule has 3 unspecified atom stereocenters. The Morgan fingerprint density at radius 3 is 2.64 bits per heavy atom. The smallest absolute Gasteiger partial charge is 0.222 e. The summed E-state index contributed by atoms with van der Waals surface area (Å²) in [6.07, 6.45) is 3.87. The van der Waals surface area contributed by atoms with Gasteiger partial charge in [0, 0.05) is 25.6 Å². The minimum Gasteiger partial charge on any atom is -0.342 e. The van der Waals surface area contributed by atoms with Crippen molar-refractivity contribution in [2.24, 2.45) is 17.6 Å². The second-order valence-electron chi connectivity index (χ2n) is 7.71. The first-order chi connectivity index (χ1) is 10.5. The number of likely N-dealkylation sites (tertiary alicyclic amines) is 1. The predicted molar refractivity (Wildman–Crippen MR) is 89.5 cm³/mol. The van der Waals surface area contributed by atoms with Gasteiger partial charge in [-0.1, -0.05) is 44.2 Å². The molecule has 2 fully saturated rings. The van der Waals surface area contributed by atoms with Gasteiger partial charge in [-0.15, -0.1) is 0 Å². The quantitative estimate of drug-likeness (QED) is 0.929. The van der Waals surface area contributed by atoms with Gasteiger partial charge in [-0.05, 0) is 42.1 Å². The number of nitrogens with zero attached hydrogens (tertiary/aromatic N) is 1. The fourth-order valence-electron chi connectivity index (χ4n) is 4.12. The summed E-state index contributed by atoms with van der Waals surface area (Å²) in [5, 5.41) is 0. The standard InChI is InChI=1S/C19H28N2O/c1-19(2,15-6-4-3-5-7-15)11-10-18(22)21-12-14-8-9-17(20)16(14)13-21/h3-7,14,16-17H,8-13,20H2,1-2H3. The summed E-state index contributed by atoms with van der Waals surface area (Å²) in [6.45, 7) is 6.27. The van der Waals surface area contributed by atoms with E-state index in [0.29, 0.717) is 30.2 Å². The molecular formula is C19H28N2O. The van der Waals surface area contributed by atoms with Crippen molar-refractivity contribution in [3.05, 3.63) is 35.9 Å². The van der Waals surface area contributed by atoms with Crippen LogP contribution in [0.3, 0.4) is 0 Å². The van der Waals surface area contributed by atoms with Crippen LogP contribution < -0.4 is 5.73 Å². The number of amides is 1. The molecule has 3 heteroatoms. The summed E-state index contributed by atoms with van der Waals surface area (Å²) in [4.78, 5) is 14.6. The molecule has 3 rings (SSSR count). The zero-order valence-electron chi connectivity index (χ0n) is 13.8. The van der Waals surface area contributed by atoms with Crippen LogP contribution in [0.2, 0.25) is 0 Å². The van der Waals surface area contributed by atoms with Crippen molar-refractivity contribution >= 4 is 5.91 Å². The highest BCUT2D eigenvalue weighted by atomic mass is 16.2. The van der Waals surface area contributed by atoms with Crippen molar-refractivity contribution in [3.63, 3.8) is 0 Å². The van der Waals surface area contributed by atoms with Crippen molar-refractivity contribution in [1.82, 2.24) is 4.90 Å². The molecule has 1 aromatic carbocycles. The maximum absolute atomic E-state index is 12.5. The third kappa shape index (κ3) is 3.05. The Hall–Kier alpha value is -1.35. The number of nitrogens with two attached hydrogens (primary N) is 1. The number of rotatable bonds is 4. The molecule has 0 aromatic heterocycles. The number of fused-ring (bicyclic) bond motifs is 1. The number of carbonyl (C=O) groups is 1. The van der Waals surface area contributed by atoms with Crippen LogP contribution in [0, 0.1) is 11.8 Å². The van der Waals surface area contributed by atoms with Gasteiger partial charge >= 0.3 is 0 Å². The van der Waals surface area contributed by atoms with E-state index in [4.69, 9.17) is 5.73 Å². The molecule has 2 N–H and O–H groups in total. The van der Waals surface area contributed by atoms with E-state index in [9.17, 15) is 4.79 Å². The van der Waals surface area contributed by atoms with E-state index in [-0.39, 0.29) is 5.41 Å². The van der Waals surface area contributed by atoms with E-state index in [2.05, 4.69) is 43.0 Å². The maximum Gasteiger partial charge on any atom is 0.222 e. The first-order valence-corrected chi connectivity index (χ1v) is 8.56. The van der Waals surface area contributed by atoms with E-state index in [1.807, 2.05) is 6.07 Å². The zero-order valence-corrected chi connectivity index (χ0v) is 13.8. The average Bonchev–Trinajstić information content (AvgIpc) is 3.08. The van der Waals surface area contributed by atoms with Crippen LogP contribution in [-0.4, -0.2) is 29.9 Å². The lowest BCUT2D eigenvalue weighted by Gasteiger charge is -2.26. The van der Waals surface area contributed by atoms with Crippen LogP contribution >= 0.6 is 0 Å². The van der Waals surface area contributed by atoms with Gasteiger partial charge in [0.25, 0.3) is 0 Å². The third-order valence-corrected chi connectivity index (χ3v) is 5.78. The van der Waals surface area contributed by atoms with Gasteiger partial charge in [0.05, 0.1) is 0 Å². The number of benzene rings is 1. The first-order valence-electron chi connectivity index (χ1n) is 8.56. The first kappa shape index (κ1) is 15.5. The van der Waals surface area contributed by atoms with Crippen LogP contribution in [0.25, 0.3) is 0 Å². The van der Waals surface area contributed by atoms with Crippen molar-refractivity contribution in [2.45, 2.75) is 51.0 Å². The van der Waals surface area contributed by atoms with Gasteiger partial charge < -0.3 is 10.6 Å². The number of hydrogen-bond donors (Lipinski definition) is 1. The molecule has 3 atom stereocenters. The summed E-state index contributed by atoms with van der Waals surface area (Å²) in [7, 11) is 0. The second-order valence-corrected chi connectivity index (χ2v) is 7.71. The van der Waals surface area contributed by atoms with Crippen molar-refractivity contribution in [3.8, 4) is 0 Å². The van der Waals surface area contributed by atoms with Crippen LogP contribution in [0.15, 0.2) is 30.3 Å². The van der Waals surface area contributed by atoms with Crippen LogP contribution in [-0.2, 0) is 10.2 Å². The molecule has 1 aromatic rings. The predicted octanol–water partition coefficient (Wildman–Crippen LogP) is 2.94. The van der Waals surface area contributed by atoms with Crippen LogP contribution in [0.4, 0.5) is 0 Å². The monoisotopic (exact) mass is 300 g/mol. The normalized spacial score (nSPS) is 28.0. The highest BCUT2D eigenvalue weighted by Gasteiger charge is 2.42. The lowest BCUT2D eigenvalue weighted by Crippen LogP contribution is -2.34. The summed E-state index contributed by atoms with van der Waals surface area (Å²) in [6, 6.07) is 10.8. The van der Waals surface area contributed by atoms with E-state index < -0.39 is 0 Å². The summed E-state index contributed by atoms with van der Waals surface area (Å²) >= 11 is 0. The Balaban J connectivity index is 1.55. The Bertz CT molecular complexity index is 525. The van der Waals surface area contributed by atoms with Gasteiger partial charge in [-0.3, -0.25) is 4.79 Å². The Morgan fingerprint density at radius 2 is 1.95 bits per heavy atom. The van der Waals surface area contributed by atoms with Gasteiger partial charge in [-0.25, -0.2) is 0 Å². The summed E-state index contributed by atoms with van der Waals surface area (Å²) in [5.74, 6) is 1.51. The molecule has 1 amide bonds. The number of hydrogen-bond acceptors (Lipinski definition) is 2. The fraction of sp³-hybridized carbons (Fsp3) is 0.632. The summed E-state index contributed by atoms with van der Waals surface area (Å²) in [5.41, 5.74) is 7.52. The van der Waals surface area contributed by atoms with E-state index in [0.717, 1.165) is 25.9 Å². The van der Waals surface area contributed by atoms with Gasteiger partial charge in [0.15, 0.2) is 0 Å². The van der Waals surface area contributed by atoms with Crippen molar-refractivity contribution < 1.29 is 4.79 Å². The molecular weight excluding hydrogens is 272 g/mol. The zero-order chi connectivity index (χ0) is 15.7. The molecule has 2 aliphatic rings. The molecule has 3 nitrogen and oxygen atoms in total. The molecule has 1 heterocycles. The Kier molecular flexibility index (Phi) is 4.26. The van der Waals surface area contributed by atoms with Crippen LogP contribution in [0.1, 0.15) is 45.1 Å². The van der Waals surface area contributed by atoms with Gasteiger partial charge in [0.2, 0.25) is 5.91 Å². The Morgan fingerprint density at radius 1 is 1.23 bits per heavy atom. The minimum absolute atomic E-state index is 0.0446. The SMILES string of the molecule is CC(C)(CCC(=O)N1CC2CCC(N)C2C1)c1ccccc1. The van der Waals surface area contributed by atoms with Crippen molar-refractivity contribution in [1.29, 1.82) is 0 Å². The lowest BCUT2D eigenvalue weighted by molar-refractivity contribution is -0.130. The van der Waals surface area contributed by atoms with Gasteiger partial charge in [0.1, 0.15) is 0 Å². The van der Waals surface area contributed by atoms with Crippen LogP contribution in [0.5, 0.6) is 0 Å².